The van der Waals surface area contributed by atoms with Gasteiger partial charge in [-0.2, -0.15) is 0 Å². The third-order valence-corrected chi connectivity index (χ3v) is 5.61. The number of anilines is 1. The lowest BCUT2D eigenvalue weighted by Crippen LogP contribution is -2.14. The molecule has 134 valence electrons. The molecule has 0 unspecified atom stereocenters. The number of nitrogens with zero attached hydrogens (tertiary/aromatic N) is 2. The molecule has 0 aliphatic carbocycles. The maximum atomic E-state index is 12.1. The molecule has 0 aliphatic rings. The molecule has 0 saturated heterocycles. The molecule has 0 saturated carbocycles. The summed E-state index contributed by atoms with van der Waals surface area (Å²) in [5.74, 6) is 0.665. The highest BCUT2D eigenvalue weighted by molar-refractivity contribution is 14.1. The van der Waals surface area contributed by atoms with Crippen LogP contribution in [0, 0.1) is 17.4 Å². The zero-order chi connectivity index (χ0) is 18.5. The summed E-state index contributed by atoms with van der Waals surface area (Å²) in [5.41, 5.74) is 4.43. The van der Waals surface area contributed by atoms with Crippen LogP contribution in [0.15, 0.2) is 52.1 Å². The van der Waals surface area contributed by atoms with Crippen LogP contribution in [0.4, 0.5) is 5.69 Å². The van der Waals surface area contributed by atoms with Gasteiger partial charge in [0.25, 0.3) is 5.22 Å². The average molecular weight is 479 g/mol. The molecule has 0 atom stereocenters. The van der Waals surface area contributed by atoms with E-state index >= 15 is 0 Å². The molecular weight excluding hydrogens is 461 g/mol. The number of carbonyl (C=O) groups is 1. The summed E-state index contributed by atoms with van der Waals surface area (Å²) in [7, 11) is 0. The second-order valence-corrected chi connectivity index (χ2v) is 7.96. The first-order valence-corrected chi connectivity index (χ1v) is 10.1. The largest absolute Gasteiger partial charge is 0.416 e. The average Bonchev–Trinajstić information content (AvgIpc) is 3.06. The minimum atomic E-state index is -0.104. The van der Waals surface area contributed by atoms with Crippen LogP contribution in [0.1, 0.15) is 22.6 Å². The summed E-state index contributed by atoms with van der Waals surface area (Å²) in [6.07, 6.45) is 0.586. The zero-order valence-electron chi connectivity index (χ0n) is 14.5. The Morgan fingerprint density at radius 3 is 2.73 bits per heavy atom. The number of aryl methyl sites for hydroxylation is 2. The van der Waals surface area contributed by atoms with Crippen molar-refractivity contribution in [2.45, 2.75) is 25.5 Å². The topological polar surface area (TPSA) is 68.0 Å². The fraction of sp³-hybridized carbons (Fsp3) is 0.211. The van der Waals surface area contributed by atoms with Gasteiger partial charge in [-0.25, -0.2) is 0 Å². The van der Waals surface area contributed by atoms with E-state index in [9.17, 15) is 4.79 Å². The van der Waals surface area contributed by atoms with Crippen LogP contribution in [0.25, 0.3) is 0 Å². The summed E-state index contributed by atoms with van der Waals surface area (Å²) in [4.78, 5) is 12.1. The molecule has 3 rings (SSSR count). The van der Waals surface area contributed by atoms with Crippen molar-refractivity contribution in [1.29, 1.82) is 0 Å². The van der Waals surface area contributed by atoms with Crippen molar-refractivity contribution < 1.29 is 9.21 Å². The Balaban J connectivity index is 1.54. The molecule has 3 aromatic rings. The van der Waals surface area contributed by atoms with Gasteiger partial charge in [0.05, 0.1) is 17.9 Å². The second-order valence-electron chi connectivity index (χ2n) is 5.87. The normalized spacial score (nSPS) is 10.7. The first-order valence-electron chi connectivity index (χ1n) is 8.07. The van der Waals surface area contributed by atoms with Gasteiger partial charge in [0.15, 0.2) is 0 Å². The van der Waals surface area contributed by atoms with E-state index in [1.54, 1.807) is 0 Å². The number of para-hydroxylation sites is 1. The smallest absolute Gasteiger partial charge is 0.277 e. The second kappa shape index (κ2) is 8.68. The van der Waals surface area contributed by atoms with E-state index in [2.05, 4.69) is 70.2 Å². The molecule has 0 bridgehead atoms. The number of nitrogens with one attached hydrogen (secondary N) is 1. The van der Waals surface area contributed by atoms with Gasteiger partial charge in [0.2, 0.25) is 11.8 Å². The Bertz CT molecular complexity index is 927. The predicted molar refractivity (Wildman–Crippen MR) is 112 cm³/mol. The molecule has 1 amide bonds. The maximum absolute atomic E-state index is 12.1. The number of rotatable bonds is 6. The quantitative estimate of drug-likeness (QED) is 0.413. The lowest BCUT2D eigenvalue weighted by atomic mass is 10.0. The first-order chi connectivity index (χ1) is 12.5. The maximum Gasteiger partial charge on any atom is 0.277 e. The minimum absolute atomic E-state index is 0.104. The van der Waals surface area contributed by atoms with E-state index in [0.717, 1.165) is 14.8 Å². The predicted octanol–water partition coefficient (Wildman–Crippen LogP) is 4.61. The SMILES string of the molecule is Cc1ccc(Cc2nnc(SCC(=O)Nc3ccccc3I)o2)cc1C. The monoisotopic (exact) mass is 479 g/mol. The van der Waals surface area contributed by atoms with Crippen LogP contribution >= 0.6 is 34.4 Å². The number of thioether (sulfide) groups is 1. The Kier molecular flexibility index (Phi) is 6.31. The van der Waals surface area contributed by atoms with Gasteiger partial charge in [-0.05, 0) is 65.3 Å². The van der Waals surface area contributed by atoms with Gasteiger partial charge in [0, 0.05) is 3.57 Å². The van der Waals surface area contributed by atoms with Crippen molar-refractivity contribution in [3.63, 3.8) is 0 Å². The van der Waals surface area contributed by atoms with E-state index in [1.165, 1.54) is 22.9 Å². The molecular formula is C19H18IN3O2S. The van der Waals surface area contributed by atoms with Crippen LogP contribution in [0.3, 0.4) is 0 Å². The van der Waals surface area contributed by atoms with Gasteiger partial charge in [-0.1, -0.05) is 42.1 Å². The number of hydrogen-bond acceptors (Lipinski definition) is 5. The lowest BCUT2D eigenvalue weighted by molar-refractivity contribution is -0.113. The molecule has 0 fully saturated rings. The third kappa shape index (κ3) is 5.07. The van der Waals surface area contributed by atoms with Gasteiger partial charge < -0.3 is 9.73 Å². The van der Waals surface area contributed by atoms with E-state index in [-0.39, 0.29) is 11.7 Å². The van der Waals surface area contributed by atoms with Crippen molar-refractivity contribution in [3.05, 3.63) is 68.6 Å². The Labute approximate surface area is 170 Å². The molecule has 1 N–H and O–H groups in total. The lowest BCUT2D eigenvalue weighted by Gasteiger charge is -2.05. The Morgan fingerprint density at radius 2 is 1.96 bits per heavy atom. The number of carbonyl (C=O) groups excluding carboxylic acids is 1. The molecule has 0 spiro atoms. The van der Waals surface area contributed by atoms with Crippen LogP contribution in [0.2, 0.25) is 0 Å². The number of amides is 1. The standard InChI is InChI=1S/C19H18IN3O2S/c1-12-7-8-14(9-13(12)2)10-18-22-23-19(25-18)26-11-17(24)21-16-6-4-3-5-15(16)20/h3-9H,10-11H2,1-2H3,(H,21,24). The van der Waals surface area contributed by atoms with Crippen LogP contribution < -0.4 is 5.32 Å². The number of aromatic nitrogens is 2. The molecule has 0 aliphatic heterocycles. The van der Waals surface area contributed by atoms with Crippen molar-refractivity contribution >= 4 is 45.9 Å². The van der Waals surface area contributed by atoms with Crippen LogP contribution in [-0.2, 0) is 11.2 Å². The van der Waals surface area contributed by atoms with Gasteiger partial charge in [0.1, 0.15) is 0 Å². The number of halogens is 1. The summed E-state index contributed by atoms with van der Waals surface area (Å²) in [6.45, 7) is 4.17. The highest BCUT2D eigenvalue weighted by atomic mass is 127. The molecule has 26 heavy (non-hydrogen) atoms. The highest BCUT2D eigenvalue weighted by Gasteiger charge is 2.11. The molecule has 7 heteroatoms. The Morgan fingerprint density at radius 1 is 1.15 bits per heavy atom. The number of benzene rings is 2. The molecule has 0 radical (unpaired) electrons. The van der Waals surface area contributed by atoms with Crippen LogP contribution in [0.5, 0.6) is 0 Å². The minimum Gasteiger partial charge on any atom is -0.416 e. The summed E-state index contributed by atoms with van der Waals surface area (Å²) >= 11 is 3.43. The molecule has 2 aromatic carbocycles. The molecule has 5 nitrogen and oxygen atoms in total. The van der Waals surface area contributed by atoms with E-state index in [4.69, 9.17) is 4.42 Å². The first kappa shape index (κ1) is 18.9. The van der Waals surface area contributed by atoms with Crippen molar-refractivity contribution in [1.82, 2.24) is 10.2 Å². The van der Waals surface area contributed by atoms with Gasteiger partial charge >= 0.3 is 0 Å². The van der Waals surface area contributed by atoms with E-state index in [1.807, 2.05) is 24.3 Å². The van der Waals surface area contributed by atoms with Crippen molar-refractivity contribution in [2.75, 3.05) is 11.1 Å². The molecule has 1 aromatic heterocycles. The van der Waals surface area contributed by atoms with Crippen molar-refractivity contribution in [2.24, 2.45) is 0 Å². The summed E-state index contributed by atoms with van der Waals surface area (Å²) in [6, 6.07) is 13.9. The summed E-state index contributed by atoms with van der Waals surface area (Å²) in [5, 5.41) is 11.4. The summed E-state index contributed by atoms with van der Waals surface area (Å²) < 4.78 is 6.64. The fourth-order valence-corrected chi connectivity index (χ4v) is 3.43. The van der Waals surface area contributed by atoms with Crippen LogP contribution in [-0.4, -0.2) is 21.9 Å². The fourth-order valence-electron chi connectivity index (χ4n) is 2.33. The third-order valence-electron chi connectivity index (χ3n) is 3.85. The van der Waals surface area contributed by atoms with E-state index in [0.29, 0.717) is 17.5 Å². The zero-order valence-corrected chi connectivity index (χ0v) is 17.4. The van der Waals surface area contributed by atoms with E-state index < -0.39 is 0 Å². The van der Waals surface area contributed by atoms with Gasteiger partial charge in [-0.3, -0.25) is 4.79 Å². The molecule has 1 heterocycles. The van der Waals surface area contributed by atoms with Crippen molar-refractivity contribution in [3.8, 4) is 0 Å². The number of hydrogen-bond donors (Lipinski definition) is 1. The Hall–Kier alpha value is -1.87. The highest BCUT2D eigenvalue weighted by Crippen LogP contribution is 2.21. The van der Waals surface area contributed by atoms with Gasteiger partial charge in [-0.15, -0.1) is 10.2 Å².